The van der Waals surface area contributed by atoms with Gasteiger partial charge in [0.1, 0.15) is 5.75 Å². The summed E-state index contributed by atoms with van der Waals surface area (Å²) in [7, 11) is 2.18. The fourth-order valence-corrected chi connectivity index (χ4v) is 3.03. The highest BCUT2D eigenvalue weighted by molar-refractivity contribution is 5.37. The zero-order valence-electron chi connectivity index (χ0n) is 13.4. The number of likely N-dealkylation sites (N-methyl/N-ethyl adjacent to an activating group) is 1. The highest BCUT2D eigenvalue weighted by atomic mass is 16.5. The molecule has 1 aliphatic heterocycles. The van der Waals surface area contributed by atoms with Crippen molar-refractivity contribution < 1.29 is 4.74 Å². The number of unbranched alkanes of at least 4 members (excludes halogenated alkanes) is 1. The molecule has 2 aromatic carbocycles. The smallest absolute Gasteiger partial charge is 0.119 e. The van der Waals surface area contributed by atoms with Gasteiger partial charge in [-0.3, -0.25) is 0 Å². The third-order valence-corrected chi connectivity index (χ3v) is 4.35. The van der Waals surface area contributed by atoms with Crippen molar-refractivity contribution in [2.75, 3.05) is 20.2 Å². The van der Waals surface area contributed by atoms with E-state index in [0.29, 0.717) is 0 Å². The monoisotopic (exact) mass is 295 g/mol. The SMILES string of the molecule is CN1CCc2cc(OCCCCc3ccccc3)ccc2C1. The van der Waals surface area contributed by atoms with Crippen LogP contribution in [0.1, 0.15) is 29.5 Å². The van der Waals surface area contributed by atoms with Crippen LogP contribution in [0.5, 0.6) is 5.75 Å². The van der Waals surface area contributed by atoms with Gasteiger partial charge in [0, 0.05) is 13.1 Å². The van der Waals surface area contributed by atoms with Crippen LogP contribution in [0.2, 0.25) is 0 Å². The predicted octanol–water partition coefficient (Wildman–Crippen LogP) is 4.08. The number of hydrogen-bond donors (Lipinski definition) is 0. The van der Waals surface area contributed by atoms with Crippen LogP contribution in [0.3, 0.4) is 0 Å². The van der Waals surface area contributed by atoms with Crippen molar-refractivity contribution in [3.05, 3.63) is 65.2 Å². The van der Waals surface area contributed by atoms with Crippen molar-refractivity contribution in [1.82, 2.24) is 4.90 Å². The summed E-state index contributed by atoms with van der Waals surface area (Å²) in [5, 5.41) is 0. The summed E-state index contributed by atoms with van der Waals surface area (Å²) in [6.45, 7) is 3.02. The molecule has 2 aromatic rings. The fourth-order valence-electron chi connectivity index (χ4n) is 3.03. The van der Waals surface area contributed by atoms with Crippen molar-refractivity contribution in [2.24, 2.45) is 0 Å². The fraction of sp³-hybridized carbons (Fsp3) is 0.400. The first-order valence-electron chi connectivity index (χ1n) is 8.28. The van der Waals surface area contributed by atoms with Gasteiger partial charge in [0.15, 0.2) is 0 Å². The van der Waals surface area contributed by atoms with Crippen molar-refractivity contribution in [1.29, 1.82) is 0 Å². The van der Waals surface area contributed by atoms with Gasteiger partial charge in [-0.2, -0.15) is 0 Å². The summed E-state index contributed by atoms with van der Waals surface area (Å²) >= 11 is 0. The third-order valence-electron chi connectivity index (χ3n) is 4.35. The van der Waals surface area contributed by atoms with E-state index in [9.17, 15) is 0 Å². The molecule has 2 nitrogen and oxygen atoms in total. The number of benzene rings is 2. The lowest BCUT2D eigenvalue weighted by molar-refractivity contribution is 0.299. The Morgan fingerprint density at radius 1 is 1.00 bits per heavy atom. The Kier molecular flexibility index (Phi) is 5.12. The Balaban J connectivity index is 1.42. The second-order valence-corrected chi connectivity index (χ2v) is 6.21. The van der Waals surface area contributed by atoms with Crippen LogP contribution in [0.15, 0.2) is 48.5 Å². The summed E-state index contributed by atoms with van der Waals surface area (Å²) in [6, 6.07) is 17.3. The van der Waals surface area contributed by atoms with Gasteiger partial charge < -0.3 is 9.64 Å². The van der Waals surface area contributed by atoms with E-state index in [0.717, 1.165) is 44.7 Å². The number of ether oxygens (including phenoxy) is 1. The molecule has 1 heterocycles. The van der Waals surface area contributed by atoms with Crippen LogP contribution in [-0.2, 0) is 19.4 Å². The Morgan fingerprint density at radius 2 is 1.86 bits per heavy atom. The molecular weight excluding hydrogens is 270 g/mol. The largest absolute Gasteiger partial charge is 0.494 e. The number of nitrogens with zero attached hydrogens (tertiary/aromatic N) is 1. The molecule has 0 bridgehead atoms. The van der Waals surface area contributed by atoms with Gasteiger partial charge in [0.25, 0.3) is 0 Å². The van der Waals surface area contributed by atoms with Crippen LogP contribution >= 0.6 is 0 Å². The van der Waals surface area contributed by atoms with E-state index in [1.165, 1.54) is 23.1 Å². The first-order valence-corrected chi connectivity index (χ1v) is 8.28. The van der Waals surface area contributed by atoms with E-state index in [2.05, 4.69) is 60.5 Å². The minimum atomic E-state index is 0.811. The molecule has 0 N–H and O–H groups in total. The second kappa shape index (κ2) is 7.46. The van der Waals surface area contributed by atoms with E-state index in [1.54, 1.807) is 0 Å². The average molecular weight is 295 g/mol. The molecule has 0 saturated carbocycles. The van der Waals surface area contributed by atoms with Crippen LogP contribution in [0.25, 0.3) is 0 Å². The van der Waals surface area contributed by atoms with Gasteiger partial charge in [0.05, 0.1) is 6.61 Å². The van der Waals surface area contributed by atoms with Crippen molar-refractivity contribution in [2.45, 2.75) is 32.2 Å². The standard InChI is InChI=1S/C20H25NO/c1-21-13-12-18-15-20(11-10-19(18)16-21)22-14-6-5-9-17-7-3-2-4-8-17/h2-4,7-8,10-11,15H,5-6,9,12-14,16H2,1H3. The molecule has 116 valence electrons. The highest BCUT2D eigenvalue weighted by Crippen LogP contribution is 2.23. The Labute approximate surface area is 133 Å². The lowest BCUT2D eigenvalue weighted by atomic mass is 10.00. The number of fused-ring (bicyclic) bond motifs is 1. The van der Waals surface area contributed by atoms with Crippen molar-refractivity contribution >= 4 is 0 Å². The number of hydrogen-bond acceptors (Lipinski definition) is 2. The molecule has 0 radical (unpaired) electrons. The molecule has 0 atom stereocenters. The maximum atomic E-state index is 5.92. The molecular formula is C20H25NO. The van der Waals surface area contributed by atoms with Crippen molar-refractivity contribution in [3.8, 4) is 5.75 Å². The maximum absolute atomic E-state index is 5.92. The normalized spacial score (nSPS) is 14.6. The minimum Gasteiger partial charge on any atom is -0.494 e. The van der Waals surface area contributed by atoms with Crippen LogP contribution < -0.4 is 4.74 Å². The maximum Gasteiger partial charge on any atom is 0.119 e. The Hall–Kier alpha value is -1.80. The minimum absolute atomic E-state index is 0.811. The second-order valence-electron chi connectivity index (χ2n) is 6.21. The molecule has 0 saturated heterocycles. The van der Waals surface area contributed by atoms with E-state index in [4.69, 9.17) is 4.74 Å². The predicted molar refractivity (Wildman–Crippen MR) is 91.4 cm³/mol. The zero-order valence-corrected chi connectivity index (χ0v) is 13.4. The Morgan fingerprint density at radius 3 is 2.73 bits per heavy atom. The van der Waals surface area contributed by atoms with Crippen LogP contribution in [-0.4, -0.2) is 25.1 Å². The van der Waals surface area contributed by atoms with Gasteiger partial charge >= 0.3 is 0 Å². The molecule has 0 fully saturated rings. The van der Waals surface area contributed by atoms with Crippen molar-refractivity contribution in [3.63, 3.8) is 0 Å². The number of rotatable bonds is 6. The lowest BCUT2D eigenvalue weighted by Gasteiger charge is -2.25. The first kappa shape index (κ1) is 15.1. The molecule has 3 rings (SSSR count). The molecule has 0 unspecified atom stereocenters. The van der Waals surface area contributed by atoms with Crippen LogP contribution in [0, 0.1) is 0 Å². The first-order chi connectivity index (χ1) is 10.8. The summed E-state index contributed by atoms with van der Waals surface area (Å²) in [4.78, 5) is 2.37. The molecule has 0 amide bonds. The zero-order chi connectivity index (χ0) is 15.2. The summed E-state index contributed by atoms with van der Waals surface area (Å²) in [5.74, 6) is 1.03. The summed E-state index contributed by atoms with van der Waals surface area (Å²) in [5.41, 5.74) is 4.32. The summed E-state index contributed by atoms with van der Waals surface area (Å²) in [6.07, 6.45) is 4.56. The van der Waals surface area contributed by atoms with E-state index in [1.807, 2.05) is 0 Å². The van der Waals surface area contributed by atoms with Gasteiger partial charge in [0.2, 0.25) is 0 Å². The average Bonchev–Trinajstić information content (AvgIpc) is 2.55. The van der Waals surface area contributed by atoms with E-state index in [-0.39, 0.29) is 0 Å². The molecule has 1 aliphatic rings. The highest BCUT2D eigenvalue weighted by Gasteiger charge is 2.13. The van der Waals surface area contributed by atoms with E-state index < -0.39 is 0 Å². The quantitative estimate of drug-likeness (QED) is 0.745. The van der Waals surface area contributed by atoms with Crippen LogP contribution in [0.4, 0.5) is 0 Å². The molecule has 22 heavy (non-hydrogen) atoms. The Bertz CT molecular complexity index is 594. The summed E-state index contributed by atoms with van der Waals surface area (Å²) < 4.78 is 5.92. The van der Waals surface area contributed by atoms with E-state index >= 15 is 0 Å². The molecule has 2 heteroatoms. The van der Waals surface area contributed by atoms with Gasteiger partial charge in [-0.25, -0.2) is 0 Å². The third kappa shape index (κ3) is 4.11. The van der Waals surface area contributed by atoms with Gasteiger partial charge in [-0.05, 0) is 61.6 Å². The van der Waals surface area contributed by atoms with Gasteiger partial charge in [-0.15, -0.1) is 0 Å². The van der Waals surface area contributed by atoms with Gasteiger partial charge in [-0.1, -0.05) is 36.4 Å². The molecule has 0 spiro atoms. The lowest BCUT2D eigenvalue weighted by Crippen LogP contribution is -2.26. The molecule has 0 aliphatic carbocycles. The topological polar surface area (TPSA) is 12.5 Å². The number of aryl methyl sites for hydroxylation is 1. The molecule has 0 aromatic heterocycles.